The van der Waals surface area contributed by atoms with E-state index >= 15 is 0 Å². The lowest BCUT2D eigenvalue weighted by Gasteiger charge is -2.27. The quantitative estimate of drug-likeness (QED) is 0.748. The van der Waals surface area contributed by atoms with Gasteiger partial charge in [0.15, 0.2) is 0 Å². The molecule has 5 heteroatoms. The van der Waals surface area contributed by atoms with E-state index in [0.717, 1.165) is 43.9 Å². The number of halogens is 2. The van der Waals surface area contributed by atoms with Gasteiger partial charge in [0.2, 0.25) is 0 Å². The summed E-state index contributed by atoms with van der Waals surface area (Å²) < 4.78 is 11.2. The SMILES string of the molecule is CC(C)COCCCNC1CCOc2c(Cl)cc(Cl)cc21. The largest absolute Gasteiger partial charge is 0.492 e. The number of nitrogens with one attached hydrogen (secondary N) is 1. The first-order chi connectivity index (χ1) is 10.1. The number of ether oxygens (including phenoxy) is 2. The Hall–Kier alpha value is -0.480. The fourth-order valence-corrected chi connectivity index (χ4v) is 2.97. The maximum absolute atomic E-state index is 6.19. The maximum atomic E-state index is 6.19. The molecule has 0 bridgehead atoms. The second-order valence-electron chi connectivity index (χ2n) is 5.77. The summed E-state index contributed by atoms with van der Waals surface area (Å²) in [5, 5.41) is 4.78. The van der Waals surface area contributed by atoms with E-state index in [2.05, 4.69) is 19.2 Å². The van der Waals surface area contributed by atoms with Crippen LogP contribution >= 0.6 is 23.2 Å². The molecule has 1 aliphatic heterocycles. The first-order valence-electron chi connectivity index (χ1n) is 7.50. The van der Waals surface area contributed by atoms with Gasteiger partial charge >= 0.3 is 0 Å². The first-order valence-corrected chi connectivity index (χ1v) is 8.26. The second-order valence-corrected chi connectivity index (χ2v) is 6.62. The van der Waals surface area contributed by atoms with Crippen LogP contribution in [-0.4, -0.2) is 26.4 Å². The second kappa shape index (κ2) is 8.23. The third kappa shape index (κ3) is 5.03. The van der Waals surface area contributed by atoms with Crippen molar-refractivity contribution in [2.75, 3.05) is 26.4 Å². The van der Waals surface area contributed by atoms with Gasteiger partial charge in [0.05, 0.1) is 11.6 Å². The summed E-state index contributed by atoms with van der Waals surface area (Å²) in [5.74, 6) is 1.35. The van der Waals surface area contributed by atoms with E-state index in [9.17, 15) is 0 Å². The van der Waals surface area contributed by atoms with Crippen LogP contribution < -0.4 is 10.1 Å². The van der Waals surface area contributed by atoms with Gasteiger partial charge in [0, 0.05) is 36.3 Å². The zero-order valence-corrected chi connectivity index (χ0v) is 14.1. The van der Waals surface area contributed by atoms with Crippen molar-refractivity contribution in [3.63, 3.8) is 0 Å². The molecule has 0 aliphatic carbocycles. The van der Waals surface area contributed by atoms with Crippen molar-refractivity contribution in [1.82, 2.24) is 5.32 Å². The Kier molecular flexibility index (Phi) is 6.62. The van der Waals surface area contributed by atoms with Crippen molar-refractivity contribution in [2.45, 2.75) is 32.7 Å². The number of fused-ring (bicyclic) bond motifs is 1. The molecule has 1 atom stereocenters. The van der Waals surface area contributed by atoms with Crippen molar-refractivity contribution in [1.29, 1.82) is 0 Å². The standard InChI is InChI=1S/C16H23Cl2NO2/c1-11(2)10-20-6-3-5-19-15-4-7-21-16-13(15)8-12(17)9-14(16)18/h8-9,11,15,19H,3-7,10H2,1-2H3. The van der Waals surface area contributed by atoms with Gasteiger partial charge in [-0.25, -0.2) is 0 Å². The van der Waals surface area contributed by atoms with Crippen molar-refractivity contribution in [2.24, 2.45) is 5.92 Å². The minimum atomic E-state index is 0.245. The molecule has 0 spiro atoms. The lowest BCUT2D eigenvalue weighted by molar-refractivity contribution is 0.107. The highest BCUT2D eigenvalue weighted by molar-refractivity contribution is 6.35. The molecule has 0 amide bonds. The minimum absolute atomic E-state index is 0.245. The van der Waals surface area contributed by atoms with Crippen molar-refractivity contribution in [3.05, 3.63) is 27.7 Å². The maximum Gasteiger partial charge on any atom is 0.142 e. The molecule has 118 valence electrons. The van der Waals surface area contributed by atoms with E-state index in [1.807, 2.05) is 6.07 Å². The first kappa shape index (κ1) is 16.9. The van der Waals surface area contributed by atoms with Crippen molar-refractivity contribution in [3.8, 4) is 5.75 Å². The number of hydrogen-bond donors (Lipinski definition) is 1. The summed E-state index contributed by atoms with van der Waals surface area (Å²) in [4.78, 5) is 0. The molecule has 1 heterocycles. The minimum Gasteiger partial charge on any atom is -0.492 e. The van der Waals surface area contributed by atoms with Gasteiger partial charge in [-0.3, -0.25) is 0 Å². The van der Waals surface area contributed by atoms with Gasteiger partial charge in [0.25, 0.3) is 0 Å². The smallest absolute Gasteiger partial charge is 0.142 e. The molecule has 1 aromatic carbocycles. The summed E-state index contributed by atoms with van der Waals surface area (Å²) in [6.07, 6.45) is 1.92. The molecule has 21 heavy (non-hydrogen) atoms. The Labute approximate surface area is 136 Å². The summed E-state index contributed by atoms with van der Waals surface area (Å²) in [7, 11) is 0. The third-order valence-electron chi connectivity index (χ3n) is 3.37. The molecule has 3 nitrogen and oxygen atoms in total. The van der Waals surface area contributed by atoms with Crippen molar-refractivity contribution >= 4 is 23.2 Å². The molecule has 0 saturated heterocycles. The Morgan fingerprint density at radius 1 is 1.38 bits per heavy atom. The molecule has 0 radical (unpaired) electrons. The van der Waals surface area contributed by atoms with Crippen LogP contribution in [0.25, 0.3) is 0 Å². The molecule has 0 aromatic heterocycles. The lowest BCUT2D eigenvalue weighted by Crippen LogP contribution is -2.28. The van der Waals surface area contributed by atoms with E-state index in [-0.39, 0.29) is 6.04 Å². The Balaban J connectivity index is 1.83. The van der Waals surface area contributed by atoms with Crippen molar-refractivity contribution < 1.29 is 9.47 Å². The summed E-state index contributed by atoms with van der Waals surface area (Å²) in [5.41, 5.74) is 1.06. The third-order valence-corrected chi connectivity index (χ3v) is 3.87. The molecule has 0 saturated carbocycles. The van der Waals surface area contributed by atoms with Gasteiger partial charge in [-0.15, -0.1) is 0 Å². The molecule has 0 fully saturated rings. The van der Waals surface area contributed by atoms with E-state index in [4.69, 9.17) is 32.7 Å². The summed E-state index contributed by atoms with van der Waals surface area (Å²) in [6.45, 7) is 7.51. The zero-order chi connectivity index (χ0) is 15.2. The lowest BCUT2D eigenvalue weighted by atomic mass is 10.0. The summed E-state index contributed by atoms with van der Waals surface area (Å²) in [6, 6.07) is 3.91. The van der Waals surface area contributed by atoms with Crippen LogP contribution in [0.5, 0.6) is 5.75 Å². The molecular weight excluding hydrogens is 309 g/mol. The average Bonchev–Trinajstić information content (AvgIpc) is 2.42. The number of benzene rings is 1. The highest BCUT2D eigenvalue weighted by atomic mass is 35.5. The van der Waals surface area contributed by atoms with Gasteiger partial charge in [-0.05, 0) is 31.0 Å². The van der Waals surface area contributed by atoms with Gasteiger partial charge in [0.1, 0.15) is 5.75 Å². The highest BCUT2D eigenvalue weighted by Crippen LogP contribution is 2.39. The Bertz CT molecular complexity index is 466. The van der Waals surface area contributed by atoms with E-state index in [0.29, 0.717) is 22.6 Å². The van der Waals surface area contributed by atoms with Crippen LogP contribution in [0.3, 0.4) is 0 Å². The van der Waals surface area contributed by atoms with E-state index in [1.54, 1.807) is 6.07 Å². The van der Waals surface area contributed by atoms with Crippen LogP contribution in [-0.2, 0) is 4.74 Å². The van der Waals surface area contributed by atoms with Crippen LogP contribution in [0.4, 0.5) is 0 Å². The monoisotopic (exact) mass is 331 g/mol. The topological polar surface area (TPSA) is 30.5 Å². The molecule has 1 N–H and O–H groups in total. The average molecular weight is 332 g/mol. The molecule has 2 rings (SSSR count). The zero-order valence-electron chi connectivity index (χ0n) is 12.6. The van der Waals surface area contributed by atoms with E-state index in [1.165, 1.54) is 0 Å². The van der Waals surface area contributed by atoms with Crippen LogP contribution in [0.2, 0.25) is 10.0 Å². The van der Waals surface area contributed by atoms with Crippen LogP contribution in [0.1, 0.15) is 38.3 Å². The Morgan fingerprint density at radius 2 is 2.19 bits per heavy atom. The number of hydrogen-bond acceptors (Lipinski definition) is 3. The number of rotatable bonds is 7. The predicted octanol–water partition coefficient (Wildman–Crippen LogP) is 4.47. The molecule has 1 aliphatic rings. The van der Waals surface area contributed by atoms with E-state index < -0.39 is 0 Å². The molecular formula is C16H23Cl2NO2. The van der Waals surface area contributed by atoms with Gasteiger partial charge in [-0.2, -0.15) is 0 Å². The van der Waals surface area contributed by atoms with Crippen LogP contribution in [0.15, 0.2) is 12.1 Å². The molecule has 1 aromatic rings. The molecule has 1 unspecified atom stereocenters. The fraction of sp³-hybridized carbons (Fsp3) is 0.625. The Morgan fingerprint density at radius 3 is 2.95 bits per heavy atom. The normalized spacial score (nSPS) is 17.7. The fourth-order valence-electron chi connectivity index (χ4n) is 2.41. The van der Waals surface area contributed by atoms with Gasteiger partial charge in [-0.1, -0.05) is 37.0 Å². The van der Waals surface area contributed by atoms with Crippen LogP contribution in [0, 0.1) is 5.92 Å². The summed E-state index contributed by atoms with van der Waals surface area (Å²) >= 11 is 12.3. The van der Waals surface area contributed by atoms with Gasteiger partial charge < -0.3 is 14.8 Å². The highest BCUT2D eigenvalue weighted by Gasteiger charge is 2.23. The predicted molar refractivity (Wildman–Crippen MR) is 87.6 cm³/mol.